The summed E-state index contributed by atoms with van der Waals surface area (Å²) in [6.07, 6.45) is 12.8. The lowest BCUT2D eigenvalue weighted by molar-refractivity contribution is 0.445. The van der Waals surface area contributed by atoms with Crippen LogP contribution in [0.3, 0.4) is 0 Å². The Hall–Kier alpha value is -6.72. The summed E-state index contributed by atoms with van der Waals surface area (Å²) >= 11 is 0. The number of hydrogen-bond donors (Lipinski definition) is 0. The van der Waals surface area contributed by atoms with E-state index in [0.29, 0.717) is 11.8 Å². The van der Waals surface area contributed by atoms with Crippen LogP contribution in [-0.4, -0.2) is 25.8 Å². The highest BCUT2D eigenvalue weighted by molar-refractivity contribution is 7.00. The molecule has 0 amide bonds. The maximum absolute atomic E-state index is 5.93. The summed E-state index contributed by atoms with van der Waals surface area (Å²) in [5.74, 6) is 1.83. The third-order valence-corrected chi connectivity index (χ3v) is 21.2. The van der Waals surface area contributed by atoms with Gasteiger partial charge in [-0.05, 0) is 198 Å². The van der Waals surface area contributed by atoms with Crippen LogP contribution < -0.4 is 16.4 Å². The fourth-order valence-corrected chi connectivity index (χ4v) is 15.9. The van der Waals surface area contributed by atoms with Crippen LogP contribution in [0, 0.1) is 0 Å². The molecule has 7 aromatic carbocycles. The lowest BCUT2D eigenvalue weighted by Crippen LogP contribution is -2.59. The van der Waals surface area contributed by atoms with Crippen molar-refractivity contribution in [2.75, 3.05) is 0 Å². The Kier molecular flexibility index (Phi) is 13.3. The van der Waals surface area contributed by atoms with Crippen LogP contribution in [0.15, 0.2) is 115 Å². The molecular formula is C82H95BN4. The third kappa shape index (κ3) is 9.67. The molecule has 4 nitrogen and oxygen atoms in total. The van der Waals surface area contributed by atoms with Crippen molar-refractivity contribution in [3.63, 3.8) is 0 Å². The van der Waals surface area contributed by atoms with E-state index in [1.807, 2.05) is 0 Å². The molecule has 446 valence electrons. The Morgan fingerprint density at radius 1 is 0.356 bits per heavy atom. The molecule has 0 saturated heterocycles. The van der Waals surface area contributed by atoms with E-state index in [-0.39, 0.29) is 39.2 Å². The highest BCUT2D eigenvalue weighted by Gasteiger charge is 2.43. The fourth-order valence-electron chi connectivity index (χ4n) is 15.9. The molecule has 10 aromatic rings. The van der Waals surface area contributed by atoms with Gasteiger partial charge in [0.05, 0.1) is 22.4 Å². The van der Waals surface area contributed by atoms with Gasteiger partial charge in [0.1, 0.15) is 0 Å². The first-order valence-corrected chi connectivity index (χ1v) is 33.6. The van der Waals surface area contributed by atoms with Crippen LogP contribution >= 0.6 is 0 Å². The largest absolute Gasteiger partial charge is 0.310 e. The number of hydrogen-bond acceptors (Lipinski definition) is 2. The predicted molar refractivity (Wildman–Crippen MR) is 376 cm³/mol. The second kappa shape index (κ2) is 19.9. The first kappa shape index (κ1) is 58.0. The van der Waals surface area contributed by atoms with Crippen molar-refractivity contribution in [1.82, 2.24) is 19.1 Å². The number of aromatic nitrogens is 4. The monoisotopic (exact) mass is 1150 g/mol. The van der Waals surface area contributed by atoms with Gasteiger partial charge in [0.15, 0.2) is 5.82 Å². The van der Waals surface area contributed by atoms with E-state index < -0.39 is 0 Å². The van der Waals surface area contributed by atoms with Gasteiger partial charge >= 0.3 is 0 Å². The summed E-state index contributed by atoms with van der Waals surface area (Å²) < 4.78 is 5.49. The van der Waals surface area contributed by atoms with E-state index in [1.54, 1.807) is 11.1 Å². The quantitative estimate of drug-likeness (QED) is 0.161. The van der Waals surface area contributed by atoms with Crippen LogP contribution in [0.1, 0.15) is 245 Å². The number of rotatable bonds is 5. The lowest BCUT2D eigenvalue weighted by atomic mass is 9.34. The van der Waals surface area contributed by atoms with Gasteiger partial charge in [0.25, 0.3) is 6.71 Å². The molecule has 4 aliphatic rings. The van der Waals surface area contributed by atoms with Crippen molar-refractivity contribution < 1.29 is 0 Å². The maximum Gasteiger partial charge on any atom is 0.252 e. The molecule has 5 heterocycles. The van der Waals surface area contributed by atoms with Crippen LogP contribution in [-0.2, 0) is 32.5 Å². The van der Waals surface area contributed by atoms with Gasteiger partial charge in [-0.25, -0.2) is 9.97 Å². The van der Waals surface area contributed by atoms with Gasteiger partial charge in [-0.2, -0.15) is 0 Å². The number of benzene rings is 7. The van der Waals surface area contributed by atoms with E-state index in [9.17, 15) is 0 Å². The van der Waals surface area contributed by atoms with Crippen molar-refractivity contribution in [3.8, 4) is 45.3 Å². The summed E-state index contributed by atoms with van der Waals surface area (Å²) in [4.78, 5) is 11.7. The number of fused-ring (bicyclic) bond motifs is 10. The Labute approximate surface area is 521 Å². The Balaban J connectivity index is 1.15. The average molecular weight is 1150 g/mol. The van der Waals surface area contributed by atoms with Gasteiger partial charge in [0.2, 0.25) is 0 Å². The van der Waals surface area contributed by atoms with Gasteiger partial charge in [-0.3, -0.25) is 0 Å². The van der Waals surface area contributed by atoms with Crippen LogP contribution in [0.5, 0.6) is 0 Å². The fraction of sp³-hybridized carbons (Fsp3) is 0.439. The standard InChI is InChI=1S/C82H95BN4/c1-77(2,3)53-29-35-67-61(45-53)71-59(48-25-21-19-22-26-48)31-33-63-74(71)86(67)69-41-51(42-70-73(69)83(63)64-34-32-60(49-27-23-20-24-28-49)72-62-46-54(78(4,5)6)30-36-68(62)87(70)75(64)72)66-47-65(50-37-55(79(7,8)9)43-56(38-50)80(10,11)12)84-76(85-66)52-39-57(81(13,14)15)44-58(40-52)82(16,17)18/h29-49H,19-28H2,1-18H3. The van der Waals surface area contributed by atoms with Crippen molar-refractivity contribution in [3.05, 3.63) is 160 Å². The summed E-state index contributed by atoms with van der Waals surface area (Å²) in [7, 11) is 0. The van der Waals surface area contributed by atoms with E-state index in [0.717, 1.165) is 33.9 Å². The molecule has 2 aliphatic carbocycles. The SMILES string of the molecule is CC(C)(C)c1cc(-c2cc(-c3cc4c5c(c3)-n3c6ccc(C(C)(C)C)cc6c6c(C7CCCCC7)ccc(c63)B5c3ccc(C5CCCCC5)c5c6cc(C(C)(C)C)ccc6n-4c35)nc(-c3cc(C(C)(C)C)cc(C(C)(C)C)c3)n2)cc(C(C)(C)C)c1. The molecule has 3 aromatic heterocycles. The summed E-state index contributed by atoms with van der Waals surface area (Å²) in [5, 5.41) is 5.73. The van der Waals surface area contributed by atoms with Gasteiger partial charge in [0, 0.05) is 60.6 Å². The molecule has 0 radical (unpaired) electrons. The van der Waals surface area contributed by atoms with Gasteiger partial charge < -0.3 is 9.13 Å². The van der Waals surface area contributed by atoms with Gasteiger partial charge in [-0.1, -0.05) is 212 Å². The minimum atomic E-state index is -0.0892. The lowest BCUT2D eigenvalue weighted by Gasteiger charge is -2.35. The van der Waals surface area contributed by atoms with Crippen LogP contribution in [0.4, 0.5) is 0 Å². The summed E-state index contributed by atoms with van der Waals surface area (Å²) in [6.45, 7) is 42.4. The second-order valence-corrected chi connectivity index (χ2v) is 33.7. The van der Waals surface area contributed by atoms with Crippen molar-refractivity contribution in [2.45, 2.75) is 233 Å². The molecule has 2 saturated carbocycles. The summed E-state index contributed by atoms with van der Waals surface area (Å²) in [5.41, 5.74) is 28.1. The van der Waals surface area contributed by atoms with Crippen LogP contribution in [0.2, 0.25) is 0 Å². The molecular weight excluding hydrogens is 1050 g/mol. The van der Waals surface area contributed by atoms with E-state index in [4.69, 9.17) is 9.97 Å². The topological polar surface area (TPSA) is 35.6 Å². The summed E-state index contributed by atoms with van der Waals surface area (Å²) in [6, 6.07) is 47.4. The molecule has 2 aliphatic heterocycles. The Morgan fingerprint density at radius 3 is 1.08 bits per heavy atom. The van der Waals surface area contributed by atoms with E-state index >= 15 is 0 Å². The van der Waals surface area contributed by atoms with Crippen LogP contribution in [0.25, 0.3) is 88.9 Å². The second-order valence-electron chi connectivity index (χ2n) is 33.7. The zero-order chi connectivity index (χ0) is 61.4. The Morgan fingerprint density at radius 2 is 0.713 bits per heavy atom. The van der Waals surface area contributed by atoms with Crippen molar-refractivity contribution >= 4 is 66.7 Å². The first-order chi connectivity index (χ1) is 40.9. The molecule has 0 bridgehead atoms. The molecule has 87 heavy (non-hydrogen) atoms. The van der Waals surface area contributed by atoms with Crippen molar-refractivity contribution in [1.29, 1.82) is 0 Å². The third-order valence-electron chi connectivity index (χ3n) is 21.2. The minimum absolute atomic E-state index is 0.0131. The van der Waals surface area contributed by atoms with E-state index in [2.05, 4.69) is 249 Å². The molecule has 0 atom stereocenters. The van der Waals surface area contributed by atoms with Crippen molar-refractivity contribution in [2.24, 2.45) is 0 Å². The molecule has 5 heteroatoms. The maximum atomic E-state index is 5.93. The Bertz CT molecular complexity index is 4120. The minimum Gasteiger partial charge on any atom is -0.310 e. The first-order valence-electron chi connectivity index (χ1n) is 33.6. The number of nitrogens with zero attached hydrogens (tertiary/aromatic N) is 4. The smallest absolute Gasteiger partial charge is 0.252 e. The van der Waals surface area contributed by atoms with E-state index in [1.165, 1.54) is 169 Å². The molecule has 0 unspecified atom stereocenters. The normalized spacial score (nSPS) is 16.3. The van der Waals surface area contributed by atoms with Gasteiger partial charge in [-0.15, -0.1) is 0 Å². The average Bonchev–Trinajstić information content (AvgIpc) is 1.57. The highest BCUT2D eigenvalue weighted by Crippen LogP contribution is 2.49. The zero-order valence-corrected chi connectivity index (χ0v) is 56.1. The predicted octanol–water partition coefficient (Wildman–Crippen LogP) is 20.7. The molecule has 0 spiro atoms. The molecule has 14 rings (SSSR count). The highest BCUT2D eigenvalue weighted by atomic mass is 15.0. The zero-order valence-electron chi connectivity index (χ0n) is 56.1. The molecule has 0 N–H and O–H groups in total. The molecule has 2 fully saturated rings.